The van der Waals surface area contributed by atoms with Crippen LogP contribution < -0.4 is 0 Å². The van der Waals surface area contributed by atoms with Crippen LogP contribution in [0.15, 0.2) is 0 Å². The van der Waals surface area contributed by atoms with Gasteiger partial charge in [-0.1, -0.05) is 62.3 Å². The molecule has 1 N–H and O–H groups in total. The molecule has 4 saturated carbocycles. The van der Waals surface area contributed by atoms with Crippen molar-refractivity contribution in [3.8, 4) is 0 Å². The van der Waals surface area contributed by atoms with E-state index in [-0.39, 0.29) is 10.1 Å². The summed E-state index contributed by atoms with van der Waals surface area (Å²) < 4.78 is 14.7. The summed E-state index contributed by atoms with van der Waals surface area (Å²) in [6.45, 7) is 32.4. The van der Waals surface area contributed by atoms with E-state index < -0.39 is 16.6 Å². The minimum absolute atomic E-state index is 0.232. The highest BCUT2D eigenvalue weighted by Gasteiger charge is 2.64. The molecular formula is C35H68O3Si2. The number of aliphatic hydroxyl groups excluding tert-OH is 1. The number of fused-ring (bicyclic) bond motifs is 5. The first kappa shape index (κ1) is 33.2. The van der Waals surface area contributed by atoms with Crippen molar-refractivity contribution in [1.29, 1.82) is 0 Å². The minimum atomic E-state index is -1.91. The van der Waals surface area contributed by atoms with Crippen molar-refractivity contribution in [2.45, 2.75) is 169 Å². The lowest BCUT2D eigenvalue weighted by Crippen LogP contribution is -2.61. The molecule has 0 saturated heterocycles. The third-order valence-corrected chi connectivity index (χ3v) is 23.5. The van der Waals surface area contributed by atoms with Gasteiger partial charge >= 0.3 is 0 Å². The Morgan fingerprint density at radius 3 is 1.90 bits per heavy atom. The lowest BCUT2D eigenvalue weighted by molar-refractivity contribution is -0.169. The van der Waals surface area contributed by atoms with Crippen LogP contribution in [0.3, 0.4) is 0 Å². The summed E-state index contributed by atoms with van der Waals surface area (Å²) in [6, 6.07) is 0. The molecule has 4 aliphatic rings. The molecule has 4 aliphatic carbocycles. The Kier molecular flexibility index (Phi) is 9.16. The van der Waals surface area contributed by atoms with Crippen molar-refractivity contribution in [1.82, 2.24) is 0 Å². The number of hydrogen-bond donors (Lipinski definition) is 1. The molecule has 4 rings (SSSR count). The van der Waals surface area contributed by atoms with Crippen molar-refractivity contribution in [2.24, 2.45) is 46.3 Å². The van der Waals surface area contributed by atoms with E-state index in [0.29, 0.717) is 47.4 Å². The van der Waals surface area contributed by atoms with Gasteiger partial charge in [0.2, 0.25) is 0 Å². The second-order valence-corrected chi connectivity index (χ2v) is 28.2. The fourth-order valence-corrected chi connectivity index (χ4v) is 12.7. The SMILES string of the molecule is C[C@H](CCO)[C@H]1CC[C@H]2[C@@H]3C(O[Si](C)(C)C(C)(C)C)C[C@@H]4CC(O[Si](C)(C)C(C)(C)C)CC[C@]4(C)[C@H]3CC[C@]12C. The van der Waals surface area contributed by atoms with E-state index in [2.05, 4.69) is 88.5 Å². The smallest absolute Gasteiger partial charge is 0.192 e. The summed E-state index contributed by atoms with van der Waals surface area (Å²) in [5, 5.41) is 10.3. The van der Waals surface area contributed by atoms with Gasteiger partial charge in [-0.05, 0) is 140 Å². The summed E-state index contributed by atoms with van der Waals surface area (Å²) in [5.41, 5.74) is 0.817. The Hall–Kier alpha value is 0.314. The van der Waals surface area contributed by atoms with E-state index in [1.54, 1.807) is 0 Å². The first-order valence-corrected chi connectivity index (χ1v) is 23.0. The van der Waals surface area contributed by atoms with Crippen LogP contribution in [-0.4, -0.2) is 40.6 Å². The molecule has 40 heavy (non-hydrogen) atoms. The Balaban J connectivity index is 1.66. The van der Waals surface area contributed by atoms with Gasteiger partial charge in [0, 0.05) is 18.8 Å². The van der Waals surface area contributed by atoms with Gasteiger partial charge in [0.25, 0.3) is 0 Å². The molecule has 3 nitrogen and oxygen atoms in total. The summed E-state index contributed by atoms with van der Waals surface area (Å²) in [5.74, 6) is 4.32. The average molecular weight is 593 g/mol. The minimum Gasteiger partial charge on any atom is -0.414 e. The van der Waals surface area contributed by atoms with Crippen LogP contribution in [-0.2, 0) is 8.85 Å². The van der Waals surface area contributed by atoms with Gasteiger partial charge in [0.1, 0.15) is 0 Å². The van der Waals surface area contributed by atoms with Crippen molar-refractivity contribution >= 4 is 16.6 Å². The van der Waals surface area contributed by atoms with E-state index in [9.17, 15) is 5.11 Å². The predicted octanol–water partition coefficient (Wildman–Crippen LogP) is 10.1. The first-order valence-electron chi connectivity index (χ1n) is 17.1. The summed E-state index contributed by atoms with van der Waals surface area (Å²) >= 11 is 0. The maximum atomic E-state index is 9.79. The molecule has 0 aromatic heterocycles. The molecular weight excluding hydrogens is 525 g/mol. The summed E-state index contributed by atoms with van der Waals surface area (Å²) in [4.78, 5) is 0. The molecule has 4 fully saturated rings. The Labute approximate surface area is 251 Å². The zero-order chi connectivity index (χ0) is 30.1. The zero-order valence-electron chi connectivity index (χ0n) is 29.0. The lowest BCUT2D eigenvalue weighted by atomic mass is 9.43. The predicted molar refractivity (Wildman–Crippen MR) is 176 cm³/mol. The zero-order valence-corrected chi connectivity index (χ0v) is 31.0. The maximum absolute atomic E-state index is 9.79. The standard InChI is InChI=1S/C35H68O3Si2/c1-24(18-21-36)27-14-15-28-31-29(17-20-35(27,28)9)34(8)19-16-26(37-39(10,11)32(2,3)4)22-25(34)23-30(31)38-40(12,13)33(5,6)7/h24-31,36H,14-23H2,1-13H3/t24-,25+,26?,27-,28+,29+,30?,31+,34+,35-/m1/s1. The van der Waals surface area contributed by atoms with Crippen molar-refractivity contribution in [3.63, 3.8) is 0 Å². The van der Waals surface area contributed by atoms with E-state index in [0.717, 1.165) is 24.2 Å². The Bertz CT molecular complexity index is 888. The molecule has 234 valence electrons. The van der Waals surface area contributed by atoms with Crippen LogP contribution in [0.1, 0.15) is 120 Å². The van der Waals surface area contributed by atoms with Crippen molar-refractivity contribution in [2.75, 3.05) is 6.61 Å². The molecule has 0 radical (unpaired) electrons. The molecule has 0 heterocycles. The van der Waals surface area contributed by atoms with Gasteiger partial charge in [-0.15, -0.1) is 0 Å². The fourth-order valence-electron chi connectivity index (χ4n) is 9.92. The fraction of sp³-hybridized carbons (Fsp3) is 1.00. The Morgan fingerprint density at radius 2 is 1.32 bits per heavy atom. The van der Waals surface area contributed by atoms with E-state index in [1.807, 2.05) is 0 Å². The van der Waals surface area contributed by atoms with Crippen LogP contribution in [0.4, 0.5) is 0 Å². The summed E-state index contributed by atoms with van der Waals surface area (Å²) in [6.07, 6.45) is 12.3. The van der Waals surface area contributed by atoms with Gasteiger partial charge in [0.05, 0.1) is 0 Å². The molecule has 0 spiro atoms. The highest BCUT2D eigenvalue weighted by molar-refractivity contribution is 6.74. The van der Waals surface area contributed by atoms with Gasteiger partial charge in [-0.25, -0.2) is 0 Å². The van der Waals surface area contributed by atoms with Crippen LogP contribution in [0, 0.1) is 46.3 Å². The lowest BCUT2D eigenvalue weighted by Gasteiger charge is -2.64. The Morgan fingerprint density at radius 1 is 0.775 bits per heavy atom. The van der Waals surface area contributed by atoms with E-state index in [1.165, 1.54) is 51.4 Å². The van der Waals surface area contributed by atoms with Crippen molar-refractivity contribution in [3.05, 3.63) is 0 Å². The molecule has 0 aromatic rings. The van der Waals surface area contributed by atoms with Crippen LogP contribution in [0.5, 0.6) is 0 Å². The maximum Gasteiger partial charge on any atom is 0.192 e. The second-order valence-electron chi connectivity index (χ2n) is 18.6. The normalized spacial score (nSPS) is 41.7. The van der Waals surface area contributed by atoms with Gasteiger partial charge in [-0.2, -0.15) is 0 Å². The van der Waals surface area contributed by atoms with E-state index >= 15 is 0 Å². The second kappa shape index (κ2) is 11.0. The van der Waals surface area contributed by atoms with Crippen LogP contribution in [0.2, 0.25) is 36.3 Å². The average Bonchev–Trinajstić information content (AvgIpc) is 3.15. The third-order valence-electron chi connectivity index (χ3n) is 14.5. The molecule has 2 unspecified atom stereocenters. The van der Waals surface area contributed by atoms with Crippen LogP contribution in [0.25, 0.3) is 0 Å². The van der Waals surface area contributed by atoms with Gasteiger partial charge in [0.15, 0.2) is 16.6 Å². The monoisotopic (exact) mass is 592 g/mol. The molecule has 0 aliphatic heterocycles. The quantitative estimate of drug-likeness (QED) is 0.299. The largest absolute Gasteiger partial charge is 0.414 e. The first-order chi connectivity index (χ1) is 18.2. The van der Waals surface area contributed by atoms with Gasteiger partial charge < -0.3 is 14.0 Å². The molecule has 0 bridgehead atoms. The van der Waals surface area contributed by atoms with Crippen molar-refractivity contribution < 1.29 is 14.0 Å². The molecule has 10 atom stereocenters. The highest BCUT2D eigenvalue weighted by Crippen LogP contribution is 2.69. The molecule has 0 amide bonds. The highest BCUT2D eigenvalue weighted by atomic mass is 28.4. The molecule has 5 heteroatoms. The third kappa shape index (κ3) is 5.75. The van der Waals surface area contributed by atoms with Crippen LogP contribution >= 0.6 is 0 Å². The molecule has 0 aromatic carbocycles. The summed E-state index contributed by atoms with van der Waals surface area (Å²) in [7, 11) is -3.69. The number of rotatable bonds is 7. The van der Waals surface area contributed by atoms with Gasteiger partial charge in [-0.3, -0.25) is 0 Å². The van der Waals surface area contributed by atoms with E-state index in [4.69, 9.17) is 8.85 Å². The topological polar surface area (TPSA) is 38.7 Å². The number of hydrogen-bond acceptors (Lipinski definition) is 3. The number of aliphatic hydroxyl groups is 1.